The molecule has 7 rings (SSSR count). The number of esters is 1. The van der Waals surface area contributed by atoms with Crippen molar-refractivity contribution in [3.63, 3.8) is 0 Å². The SMILES string of the molecule is Cn1cc(C=C2Oc3c(ccc4c3C(c3ccc5c(c3)OCO5)CC(=O)O4)C2=O)c2ccccc21. The van der Waals surface area contributed by atoms with Crippen LogP contribution in [-0.2, 0) is 11.8 Å². The van der Waals surface area contributed by atoms with E-state index in [4.69, 9.17) is 18.9 Å². The van der Waals surface area contributed by atoms with Crippen LogP contribution in [0.4, 0.5) is 0 Å². The summed E-state index contributed by atoms with van der Waals surface area (Å²) in [4.78, 5) is 25.8. The lowest BCUT2D eigenvalue weighted by atomic mass is 9.84. The van der Waals surface area contributed by atoms with Gasteiger partial charge in [0.1, 0.15) is 11.5 Å². The second kappa shape index (κ2) is 7.24. The van der Waals surface area contributed by atoms with Gasteiger partial charge in [0.05, 0.1) is 12.0 Å². The molecule has 3 aromatic carbocycles. The number of para-hydroxylation sites is 1. The molecule has 172 valence electrons. The number of fused-ring (bicyclic) bond motifs is 5. The van der Waals surface area contributed by atoms with Gasteiger partial charge in [0, 0.05) is 41.2 Å². The number of ether oxygens (including phenoxy) is 4. The first-order valence-electron chi connectivity index (χ1n) is 11.3. The summed E-state index contributed by atoms with van der Waals surface area (Å²) in [7, 11) is 1.97. The van der Waals surface area contributed by atoms with Crippen LogP contribution in [0.2, 0.25) is 0 Å². The Bertz CT molecular complexity index is 1610. The number of allylic oxidation sites excluding steroid dienone is 1. The molecule has 0 bridgehead atoms. The highest BCUT2D eigenvalue weighted by molar-refractivity contribution is 6.15. The first-order chi connectivity index (χ1) is 17.1. The molecule has 1 atom stereocenters. The van der Waals surface area contributed by atoms with E-state index in [0.29, 0.717) is 34.1 Å². The van der Waals surface area contributed by atoms with Gasteiger partial charge in [-0.15, -0.1) is 0 Å². The lowest BCUT2D eigenvalue weighted by Crippen LogP contribution is -2.21. The number of aryl methyl sites for hydroxylation is 1. The van der Waals surface area contributed by atoms with E-state index in [1.165, 1.54) is 0 Å². The Balaban J connectivity index is 1.34. The highest BCUT2D eigenvalue weighted by Crippen LogP contribution is 2.50. The van der Waals surface area contributed by atoms with Crippen molar-refractivity contribution in [1.29, 1.82) is 0 Å². The second-order valence-electron chi connectivity index (χ2n) is 8.85. The molecule has 0 spiro atoms. The van der Waals surface area contributed by atoms with Crippen molar-refractivity contribution < 1.29 is 28.5 Å². The Labute approximate surface area is 200 Å². The average Bonchev–Trinajstić information content (AvgIpc) is 3.55. The summed E-state index contributed by atoms with van der Waals surface area (Å²) in [6.45, 7) is 0.164. The maximum atomic E-state index is 13.3. The molecule has 0 N–H and O–H groups in total. The molecule has 0 amide bonds. The van der Waals surface area contributed by atoms with E-state index in [0.717, 1.165) is 22.0 Å². The summed E-state index contributed by atoms with van der Waals surface area (Å²) in [6, 6.07) is 17.0. The first-order valence-corrected chi connectivity index (χ1v) is 11.3. The van der Waals surface area contributed by atoms with Crippen LogP contribution in [0.5, 0.6) is 23.0 Å². The van der Waals surface area contributed by atoms with Crippen molar-refractivity contribution in [2.45, 2.75) is 12.3 Å². The van der Waals surface area contributed by atoms with Gasteiger partial charge < -0.3 is 23.5 Å². The minimum atomic E-state index is -0.347. The summed E-state index contributed by atoms with van der Waals surface area (Å²) in [5, 5.41) is 1.03. The predicted molar refractivity (Wildman–Crippen MR) is 127 cm³/mol. The van der Waals surface area contributed by atoms with Crippen LogP contribution in [0.3, 0.4) is 0 Å². The van der Waals surface area contributed by atoms with Gasteiger partial charge >= 0.3 is 5.97 Å². The molecule has 1 aromatic heterocycles. The molecular weight excluding hydrogens is 446 g/mol. The number of ketones is 1. The van der Waals surface area contributed by atoms with Crippen LogP contribution in [0, 0.1) is 0 Å². The van der Waals surface area contributed by atoms with Gasteiger partial charge in [-0.2, -0.15) is 0 Å². The Morgan fingerprint density at radius 3 is 2.69 bits per heavy atom. The summed E-state index contributed by atoms with van der Waals surface area (Å²) < 4.78 is 24.7. The van der Waals surface area contributed by atoms with Gasteiger partial charge in [0.2, 0.25) is 12.6 Å². The molecular formula is C28H19NO6. The van der Waals surface area contributed by atoms with E-state index in [-0.39, 0.29) is 36.6 Å². The molecule has 4 heterocycles. The van der Waals surface area contributed by atoms with E-state index in [2.05, 4.69) is 0 Å². The smallest absolute Gasteiger partial charge is 0.312 e. The van der Waals surface area contributed by atoms with Gasteiger partial charge in [-0.05, 0) is 42.0 Å². The van der Waals surface area contributed by atoms with Gasteiger partial charge in [-0.3, -0.25) is 9.59 Å². The standard InChI is InChI=1S/C28H19NO6/c1-29-13-16(17-4-2-3-5-20(17)29)11-24-27(31)18-7-9-22-26(28(18)35-24)19(12-25(30)34-22)15-6-8-21-23(10-15)33-14-32-21/h2-11,13,19H,12,14H2,1H3. The Morgan fingerprint density at radius 2 is 1.77 bits per heavy atom. The van der Waals surface area contributed by atoms with Gasteiger partial charge in [0.15, 0.2) is 17.3 Å². The number of carbonyl (C=O) groups is 2. The number of carbonyl (C=O) groups excluding carboxylic acids is 2. The monoisotopic (exact) mass is 465 g/mol. The Hall–Kier alpha value is -4.52. The van der Waals surface area contributed by atoms with Crippen LogP contribution in [0.1, 0.15) is 39.4 Å². The van der Waals surface area contributed by atoms with Crippen LogP contribution < -0.4 is 18.9 Å². The maximum absolute atomic E-state index is 13.3. The number of benzene rings is 3. The van der Waals surface area contributed by atoms with Crippen molar-refractivity contribution >= 4 is 28.7 Å². The fourth-order valence-corrected chi connectivity index (χ4v) is 5.15. The van der Waals surface area contributed by atoms with Gasteiger partial charge in [0.25, 0.3) is 0 Å². The minimum absolute atomic E-state index is 0.128. The fourth-order valence-electron chi connectivity index (χ4n) is 5.15. The maximum Gasteiger partial charge on any atom is 0.312 e. The second-order valence-corrected chi connectivity index (χ2v) is 8.85. The zero-order valence-corrected chi connectivity index (χ0v) is 18.7. The average molecular weight is 465 g/mol. The number of hydrogen-bond acceptors (Lipinski definition) is 6. The Morgan fingerprint density at radius 1 is 0.943 bits per heavy atom. The lowest BCUT2D eigenvalue weighted by Gasteiger charge is -2.26. The molecule has 3 aliphatic rings. The van der Waals surface area contributed by atoms with Crippen molar-refractivity contribution in [2.24, 2.45) is 7.05 Å². The largest absolute Gasteiger partial charge is 0.454 e. The van der Waals surface area contributed by atoms with Gasteiger partial charge in [-0.25, -0.2) is 0 Å². The summed E-state index contributed by atoms with van der Waals surface area (Å²) in [5.74, 6) is 1.50. The van der Waals surface area contributed by atoms with E-state index < -0.39 is 0 Å². The zero-order chi connectivity index (χ0) is 23.7. The number of rotatable bonds is 2. The zero-order valence-electron chi connectivity index (χ0n) is 18.7. The molecule has 0 saturated carbocycles. The highest BCUT2D eigenvalue weighted by Gasteiger charge is 2.39. The molecule has 7 heteroatoms. The van der Waals surface area contributed by atoms with Crippen LogP contribution >= 0.6 is 0 Å². The van der Waals surface area contributed by atoms with Crippen molar-refractivity contribution in [1.82, 2.24) is 4.57 Å². The molecule has 0 saturated heterocycles. The van der Waals surface area contributed by atoms with E-state index in [9.17, 15) is 9.59 Å². The van der Waals surface area contributed by atoms with Gasteiger partial charge in [-0.1, -0.05) is 24.3 Å². The molecule has 7 nitrogen and oxygen atoms in total. The number of Topliss-reactive ketones (excluding diaryl/α,β-unsaturated/α-hetero) is 1. The van der Waals surface area contributed by atoms with Crippen molar-refractivity contribution in [2.75, 3.05) is 6.79 Å². The van der Waals surface area contributed by atoms with E-state index >= 15 is 0 Å². The van der Waals surface area contributed by atoms with Crippen LogP contribution in [0.15, 0.2) is 66.6 Å². The number of nitrogens with zero attached hydrogens (tertiary/aromatic N) is 1. The number of hydrogen-bond donors (Lipinski definition) is 0. The fraction of sp³-hybridized carbons (Fsp3) is 0.143. The minimum Gasteiger partial charge on any atom is -0.454 e. The third-order valence-electron chi connectivity index (χ3n) is 6.79. The van der Waals surface area contributed by atoms with E-state index in [1.54, 1.807) is 18.2 Å². The topological polar surface area (TPSA) is 76.0 Å². The predicted octanol–water partition coefficient (Wildman–Crippen LogP) is 4.96. The molecule has 1 unspecified atom stereocenters. The molecule has 3 aliphatic heterocycles. The molecule has 0 fully saturated rings. The third-order valence-corrected chi connectivity index (χ3v) is 6.79. The van der Waals surface area contributed by atoms with E-state index in [1.807, 2.05) is 60.3 Å². The Kier molecular flexibility index (Phi) is 4.12. The first kappa shape index (κ1) is 19.9. The van der Waals surface area contributed by atoms with Crippen LogP contribution in [-0.4, -0.2) is 23.1 Å². The summed E-state index contributed by atoms with van der Waals surface area (Å²) >= 11 is 0. The normalized spacial score (nSPS) is 19.0. The number of aromatic nitrogens is 1. The third kappa shape index (κ3) is 2.98. The molecule has 0 aliphatic carbocycles. The van der Waals surface area contributed by atoms with Crippen LogP contribution in [0.25, 0.3) is 17.0 Å². The summed E-state index contributed by atoms with van der Waals surface area (Å²) in [5.41, 5.74) is 3.97. The summed E-state index contributed by atoms with van der Waals surface area (Å²) in [6.07, 6.45) is 3.88. The molecule has 4 aromatic rings. The quantitative estimate of drug-likeness (QED) is 0.237. The lowest BCUT2D eigenvalue weighted by molar-refractivity contribution is -0.135. The highest BCUT2D eigenvalue weighted by atomic mass is 16.7. The molecule has 0 radical (unpaired) electrons. The molecule has 35 heavy (non-hydrogen) atoms. The van der Waals surface area contributed by atoms with Crippen molar-refractivity contribution in [3.8, 4) is 23.0 Å². The van der Waals surface area contributed by atoms with Crippen molar-refractivity contribution in [3.05, 3.63) is 88.8 Å².